The zero-order valence-electron chi connectivity index (χ0n) is 8.11. The molecule has 1 aromatic heterocycles. The summed E-state index contributed by atoms with van der Waals surface area (Å²) in [4.78, 5) is 15.2. The van der Waals surface area contributed by atoms with E-state index in [0.29, 0.717) is 0 Å². The summed E-state index contributed by atoms with van der Waals surface area (Å²) in [6, 6.07) is 2.91. The molecule has 0 unspecified atom stereocenters. The molecule has 0 aromatic carbocycles. The Labute approximate surface area is 86.7 Å². The molecule has 1 saturated carbocycles. The molecule has 15 heavy (non-hydrogen) atoms. The Bertz CT molecular complexity index is 359. The average Bonchev–Trinajstić information content (AvgIpc) is 2.16. The van der Waals surface area contributed by atoms with Crippen LogP contribution in [0.4, 0.5) is 4.39 Å². The summed E-state index contributed by atoms with van der Waals surface area (Å²) in [6.07, 6.45) is 2.63. The number of carbonyl (C=O) groups is 1. The second kappa shape index (κ2) is 3.94. The monoisotopic (exact) mass is 209 g/mol. The van der Waals surface area contributed by atoms with E-state index in [-0.39, 0.29) is 23.7 Å². The van der Waals surface area contributed by atoms with E-state index in [4.69, 9.17) is 5.73 Å². The van der Waals surface area contributed by atoms with Gasteiger partial charge in [0.15, 0.2) is 0 Å². The number of carbonyl (C=O) groups excluding carboxylic acids is 1. The first kappa shape index (κ1) is 10.0. The van der Waals surface area contributed by atoms with Gasteiger partial charge in [0.25, 0.3) is 5.91 Å². The molecule has 1 aliphatic rings. The van der Waals surface area contributed by atoms with Gasteiger partial charge in [-0.25, -0.2) is 9.37 Å². The summed E-state index contributed by atoms with van der Waals surface area (Å²) >= 11 is 0. The van der Waals surface area contributed by atoms with Crippen molar-refractivity contribution in [2.75, 3.05) is 0 Å². The molecule has 80 valence electrons. The lowest BCUT2D eigenvalue weighted by Gasteiger charge is -2.32. The molecule has 1 aromatic rings. The Kier molecular flexibility index (Phi) is 2.64. The maximum absolute atomic E-state index is 12.5. The van der Waals surface area contributed by atoms with E-state index >= 15 is 0 Å². The molecular weight excluding hydrogens is 197 g/mol. The number of hydrogen-bond donors (Lipinski definition) is 2. The van der Waals surface area contributed by atoms with Crippen molar-refractivity contribution in [1.82, 2.24) is 10.3 Å². The first-order chi connectivity index (χ1) is 7.15. The van der Waals surface area contributed by atoms with Crippen LogP contribution in [0.15, 0.2) is 18.3 Å². The largest absolute Gasteiger partial charge is 0.348 e. The van der Waals surface area contributed by atoms with E-state index in [2.05, 4.69) is 10.3 Å². The van der Waals surface area contributed by atoms with Gasteiger partial charge in [-0.2, -0.15) is 0 Å². The van der Waals surface area contributed by atoms with E-state index in [0.717, 1.165) is 19.0 Å². The maximum atomic E-state index is 12.5. The van der Waals surface area contributed by atoms with Gasteiger partial charge in [-0.15, -0.1) is 0 Å². The average molecular weight is 209 g/mol. The second-order valence-corrected chi connectivity index (χ2v) is 3.76. The van der Waals surface area contributed by atoms with Crippen LogP contribution in [-0.2, 0) is 0 Å². The Hall–Kier alpha value is -1.49. The normalized spacial score (nSPS) is 24.4. The van der Waals surface area contributed by atoms with Crippen molar-refractivity contribution in [2.45, 2.75) is 24.9 Å². The quantitative estimate of drug-likeness (QED) is 0.742. The third kappa shape index (κ3) is 2.30. The molecule has 1 amide bonds. The van der Waals surface area contributed by atoms with Crippen molar-refractivity contribution in [3.63, 3.8) is 0 Å². The molecule has 1 fully saturated rings. The fourth-order valence-electron chi connectivity index (χ4n) is 1.55. The first-order valence-corrected chi connectivity index (χ1v) is 4.83. The number of nitrogens with two attached hydrogens (primary N) is 1. The molecule has 5 heteroatoms. The van der Waals surface area contributed by atoms with E-state index in [1.165, 1.54) is 12.1 Å². The topological polar surface area (TPSA) is 68.0 Å². The third-order valence-electron chi connectivity index (χ3n) is 2.47. The molecule has 4 nitrogen and oxygen atoms in total. The molecule has 0 aliphatic heterocycles. The summed E-state index contributed by atoms with van der Waals surface area (Å²) in [5.41, 5.74) is 5.82. The predicted molar refractivity (Wildman–Crippen MR) is 52.7 cm³/mol. The lowest BCUT2D eigenvalue weighted by Crippen LogP contribution is -2.50. The molecule has 0 spiro atoms. The predicted octanol–water partition coefficient (Wildman–Crippen LogP) is 0.440. The number of nitrogens with zero attached hydrogens (tertiary/aromatic N) is 1. The van der Waals surface area contributed by atoms with Crippen LogP contribution in [0.2, 0.25) is 0 Å². The minimum atomic E-state index is -0.447. The van der Waals surface area contributed by atoms with Gasteiger partial charge in [-0.05, 0) is 25.0 Å². The van der Waals surface area contributed by atoms with Crippen molar-refractivity contribution < 1.29 is 9.18 Å². The first-order valence-electron chi connectivity index (χ1n) is 4.83. The summed E-state index contributed by atoms with van der Waals surface area (Å²) in [5.74, 6) is -0.718. The molecule has 0 atom stereocenters. The molecule has 1 aliphatic carbocycles. The molecular formula is C10H12FN3O. The third-order valence-corrected chi connectivity index (χ3v) is 2.47. The van der Waals surface area contributed by atoms with E-state index in [9.17, 15) is 9.18 Å². The van der Waals surface area contributed by atoms with Gasteiger partial charge in [0.1, 0.15) is 11.5 Å². The molecule has 1 heterocycles. The summed E-state index contributed by atoms with van der Waals surface area (Å²) in [5, 5.41) is 2.78. The maximum Gasteiger partial charge on any atom is 0.270 e. The molecule has 3 N–H and O–H groups in total. The standard InChI is InChI=1S/C10H12FN3O/c11-6-1-2-9(13-5-6)10(15)14-8-3-7(12)4-8/h1-2,5,7-8H,3-4,12H2,(H,14,15). The fraction of sp³-hybridized carbons (Fsp3) is 0.400. The number of pyridine rings is 1. The smallest absolute Gasteiger partial charge is 0.270 e. The molecule has 0 bridgehead atoms. The Balaban J connectivity index is 1.93. The van der Waals surface area contributed by atoms with E-state index in [1.54, 1.807) is 0 Å². The number of hydrogen-bond acceptors (Lipinski definition) is 3. The van der Waals surface area contributed by atoms with Crippen molar-refractivity contribution in [1.29, 1.82) is 0 Å². The second-order valence-electron chi connectivity index (χ2n) is 3.76. The highest BCUT2D eigenvalue weighted by molar-refractivity contribution is 5.92. The van der Waals surface area contributed by atoms with Gasteiger partial charge in [-0.3, -0.25) is 4.79 Å². The lowest BCUT2D eigenvalue weighted by atomic mass is 9.87. The van der Waals surface area contributed by atoms with Crippen LogP contribution < -0.4 is 11.1 Å². The van der Waals surface area contributed by atoms with Crippen molar-refractivity contribution >= 4 is 5.91 Å². The molecule has 0 radical (unpaired) electrons. The van der Waals surface area contributed by atoms with Crippen LogP contribution >= 0.6 is 0 Å². The molecule has 2 rings (SSSR count). The van der Waals surface area contributed by atoms with Crippen molar-refractivity contribution in [2.24, 2.45) is 5.73 Å². The van der Waals surface area contributed by atoms with Crippen LogP contribution in [0.1, 0.15) is 23.3 Å². The highest BCUT2D eigenvalue weighted by Crippen LogP contribution is 2.17. The van der Waals surface area contributed by atoms with Crippen LogP contribution in [0.25, 0.3) is 0 Å². The van der Waals surface area contributed by atoms with Crippen LogP contribution in [0, 0.1) is 5.82 Å². The summed E-state index contributed by atoms with van der Waals surface area (Å²) in [7, 11) is 0. The van der Waals surface area contributed by atoms with Gasteiger partial charge >= 0.3 is 0 Å². The SMILES string of the molecule is NC1CC(NC(=O)c2ccc(F)cn2)C1. The highest BCUT2D eigenvalue weighted by Gasteiger charge is 2.27. The lowest BCUT2D eigenvalue weighted by molar-refractivity contribution is 0.0905. The van der Waals surface area contributed by atoms with Gasteiger partial charge in [-0.1, -0.05) is 0 Å². The van der Waals surface area contributed by atoms with E-state index < -0.39 is 5.82 Å². The highest BCUT2D eigenvalue weighted by atomic mass is 19.1. The zero-order valence-corrected chi connectivity index (χ0v) is 8.11. The van der Waals surface area contributed by atoms with Crippen molar-refractivity contribution in [3.8, 4) is 0 Å². The van der Waals surface area contributed by atoms with E-state index in [1.807, 2.05) is 0 Å². The summed E-state index contributed by atoms with van der Waals surface area (Å²) < 4.78 is 12.5. The van der Waals surface area contributed by atoms with Gasteiger partial charge in [0.2, 0.25) is 0 Å². The minimum absolute atomic E-state index is 0.138. The Morgan fingerprint density at radius 1 is 1.53 bits per heavy atom. The molecule has 0 saturated heterocycles. The number of aromatic nitrogens is 1. The van der Waals surface area contributed by atoms with Gasteiger partial charge in [0.05, 0.1) is 6.20 Å². The number of halogens is 1. The number of rotatable bonds is 2. The van der Waals surface area contributed by atoms with Crippen LogP contribution in [0.3, 0.4) is 0 Å². The zero-order chi connectivity index (χ0) is 10.8. The van der Waals surface area contributed by atoms with Gasteiger partial charge in [0, 0.05) is 12.1 Å². The summed E-state index contributed by atoms with van der Waals surface area (Å²) in [6.45, 7) is 0. The van der Waals surface area contributed by atoms with Gasteiger partial charge < -0.3 is 11.1 Å². The Morgan fingerprint density at radius 2 is 2.27 bits per heavy atom. The van der Waals surface area contributed by atoms with Crippen molar-refractivity contribution in [3.05, 3.63) is 29.8 Å². The fourth-order valence-corrected chi connectivity index (χ4v) is 1.55. The Morgan fingerprint density at radius 3 is 2.80 bits per heavy atom. The number of amides is 1. The number of nitrogens with one attached hydrogen (secondary N) is 1. The van der Waals surface area contributed by atoms with Crippen LogP contribution in [0.5, 0.6) is 0 Å². The van der Waals surface area contributed by atoms with Crippen LogP contribution in [-0.4, -0.2) is 23.0 Å². The minimum Gasteiger partial charge on any atom is -0.348 e.